The van der Waals surface area contributed by atoms with E-state index >= 15 is 0 Å². The predicted octanol–water partition coefficient (Wildman–Crippen LogP) is 4.43. The van der Waals surface area contributed by atoms with Crippen molar-refractivity contribution in [3.8, 4) is 17.0 Å². The number of carbonyl (C=O) groups is 1. The zero-order valence-corrected chi connectivity index (χ0v) is 15.5. The molecule has 1 atom stereocenters. The highest BCUT2D eigenvalue weighted by molar-refractivity contribution is 7.14. The van der Waals surface area contributed by atoms with Gasteiger partial charge in [0.15, 0.2) is 17.0 Å². The highest BCUT2D eigenvalue weighted by Crippen LogP contribution is 2.29. The number of ether oxygens (including phenoxy) is 1. The van der Waals surface area contributed by atoms with Gasteiger partial charge in [-0.3, -0.25) is 20.2 Å². The largest absolute Gasteiger partial charge is 0.474 e. The molecule has 0 radical (unpaired) electrons. The summed E-state index contributed by atoms with van der Waals surface area (Å²) >= 11 is 1.30. The van der Waals surface area contributed by atoms with E-state index in [0.29, 0.717) is 5.13 Å². The molecule has 0 bridgehead atoms. The number of benzene rings is 2. The number of anilines is 1. The Kier molecular flexibility index (Phi) is 5.46. The smallest absolute Gasteiger partial charge is 0.311 e. The van der Waals surface area contributed by atoms with E-state index in [4.69, 9.17) is 4.74 Å². The van der Waals surface area contributed by atoms with Gasteiger partial charge >= 0.3 is 5.69 Å². The number of nitro groups is 1. The van der Waals surface area contributed by atoms with E-state index < -0.39 is 16.9 Å². The first-order valence-electron chi connectivity index (χ1n) is 8.17. The molecular formula is C19H17N3O4S. The van der Waals surface area contributed by atoms with Gasteiger partial charge in [-0.2, -0.15) is 0 Å². The van der Waals surface area contributed by atoms with E-state index in [9.17, 15) is 14.9 Å². The van der Waals surface area contributed by atoms with Crippen LogP contribution >= 0.6 is 11.3 Å². The van der Waals surface area contributed by atoms with E-state index in [1.807, 2.05) is 35.7 Å². The third-order valence-electron chi connectivity index (χ3n) is 3.79. The lowest BCUT2D eigenvalue weighted by molar-refractivity contribution is -0.386. The molecule has 27 heavy (non-hydrogen) atoms. The van der Waals surface area contributed by atoms with Crippen molar-refractivity contribution in [3.05, 3.63) is 69.6 Å². The SMILES string of the molecule is Cc1ccc(O[C@H](C)C(=O)Nc2nc(-c3ccccc3)cs2)c([N+](=O)[O-])c1. The molecule has 0 aliphatic carbocycles. The monoisotopic (exact) mass is 383 g/mol. The van der Waals surface area contributed by atoms with Gasteiger partial charge in [-0.1, -0.05) is 36.4 Å². The first kappa shape index (κ1) is 18.5. The quantitative estimate of drug-likeness (QED) is 0.502. The summed E-state index contributed by atoms with van der Waals surface area (Å²) in [5, 5.41) is 16.1. The molecule has 1 amide bonds. The topological polar surface area (TPSA) is 94.4 Å². The number of aromatic nitrogens is 1. The highest BCUT2D eigenvalue weighted by Gasteiger charge is 2.22. The molecule has 1 N–H and O–H groups in total. The van der Waals surface area contributed by atoms with Crippen LogP contribution in [0.25, 0.3) is 11.3 Å². The number of nitro benzene ring substituents is 1. The first-order chi connectivity index (χ1) is 12.9. The molecule has 0 fully saturated rings. The molecule has 1 aromatic heterocycles. The number of nitrogens with one attached hydrogen (secondary N) is 1. The maximum Gasteiger partial charge on any atom is 0.311 e. The fraction of sp³-hybridized carbons (Fsp3) is 0.158. The van der Waals surface area contributed by atoms with Crippen molar-refractivity contribution in [2.24, 2.45) is 0 Å². The third-order valence-corrected chi connectivity index (χ3v) is 4.55. The average molecular weight is 383 g/mol. The molecule has 0 aliphatic rings. The van der Waals surface area contributed by atoms with Crippen LogP contribution in [0.4, 0.5) is 10.8 Å². The molecule has 0 saturated heterocycles. The van der Waals surface area contributed by atoms with Gasteiger partial charge in [-0.15, -0.1) is 11.3 Å². The zero-order valence-electron chi connectivity index (χ0n) is 14.7. The third kappa shape index (κ3) is 4.48. The summed E-state index contributed by atoms with van der Waals surface area (Å²) in [6.07, 6.45) is -0.921. The van der Waals surface area contributed by atoms with E-state index in [-0.39, 0.29) is 11.4 Å². The van der Waals surface area contributed by atoms with Crippen LogP contribution in [0.2, 0.25) is 0 Å². The second-order valence-electron chi connectivity index (χ2n) is 5.88. The summed E-state index contributed by atoms with van der Waals surface area (Å²) in [6.45, 7) is 3.28. The summed E-state index contributed by atoms with van der Waals surface area (Å²) < 4.78 is 5.51. The Morgan fingerprint density at radius 3 is 2.70 bits per heavy atom. The van der Waals surface area contributed by atoms with Gasteiger partial charge in [-0.25, -0.2) is 4.98 Å². The Labute approximate surface area is 159 Å². The number of rotatable bonds is 6. The maximum atomic E-state index is 12.4. The van der Waals surface area contributed by atoms with E-state index in [1.54, 1.807) is 13.0 Å². The van der Waals surface area contributed by atoms with Crippen LogP contribution in [-0.2, 0) is 4.79 Å². The van der Waals surface area contributed by atoms with Crippen LogP contribution in [0.3, 0.4) is 0 Å². The number of thiazole rings is 1. The maximum absolute atomic E-state index is 12.4. The van der Waals surface area contributed by atoms with Crippen molar-refractivity contribution in [2.45, 2.75) is 20.0 Å². The van der Waals surface area contributed by atoms with Crippen molar-refractivity contribution < 1.29 is 14.5 Å². The molecule has 0 spiro atoms. The van der Waals surface area contributed by atoms with E-state index in [0.717, 1.165) is 16.8 Å². The molecule has 0 unspecified atom stereocenters. The molecule has 0 saturated carbocycles. The van der Waals surface area contributed by atoms with Crippen molar-refractivity contribution in [1.82, 2.24) is 4.98 Å². The van der Waals surface area contributed by atoms with Crippen LogP contribution < -0.4 is 10.1 Å². The van der Waals surface area contributed by atoms with Gasteiger partial charge < -0.3 is 4.74 Å². The average Bonchev–Trinajstić information content (AvgIpc) is 3.12. The minimum Gasteiger partial charge on any atom is -0.474 e. The van der Waals surface area contributed by atoms with Crippen LogP contribution in [0.5, 0.6) is 5.75 Å². The van der Waals surface area contributed by atoms with Gasteiger partial charge in [0.2, 0.25) is 0 Å². The van der Waals surface area contributed by atoms with Crippen LogP contribution in [-0.4, -0.2) is 21.9 Å². The fourth-order valence-corrected chi connectivity index (χ4v) is 3.12. The molecule has 2 aromatic carbocycles. The highest BCUT2D eigenvalue weighted by atomic mass is 32.1. The molecular weight excluding hydrogens is 366 g/mol. The number of carbonyl (C=O) groups excluding carboxylic acids is 1. The molecule has 8 heteroatoms. The van der Waals surface area contributed by atoms with Crippen LogP contribution in [0, 0.1) is 17.0 Å². The van der Waals surface area contributed by atoms with Crippen molar-refractivity contribution >= 4 is 28.1 Å². The van der Waals surface area contributed by atoms with Gasteiger partial charge in [-0.05, 0) is 25.5 Å². The normalized spacial score (nSPS) is 11.6. The number of nitrogens with zero attached hydrogens (tertiary/aromatic N) is 2. The fourth-order valence-electron chi connectivity index (χ4n) is 2.39. The summed E-state index contributed by atoms with van der Waals surface area (Å²) in [4.78, 5) is 27.4. The van der Waals surface area contributed by atoms with Gasteiger partial charge in [0.25, 0.3) is 5.91 Å². The van der Waals surface area contributed by atoms with Crippen molar-refractivity contribution in [1.29, 1.82) is 0 Å². The number of hydrogen-bond acceptors (Lipinski definition) is 6. The minimum absolute atomic E-state index is 0.0531. The Morgan fingerprint density at radius 2 is 2.00 bits per heavy atom. The molecule has 1 heterocycles. The number of hydrogen-bond donors (Lipinski definition) is 1. The Balaban J connectivity index is 1.69. The Hall–Kier alpha value is -3.26. The molecule has 7 nitrogen and oxygen atoms in total. The van der Waals surface area contributed by atoms with Gasteiger partial charge in [0.1, 0.15) is 0 Å². The van der Waals surface area contributed by atoms with Gasteiger partial charge in [0.05, 0.1) is 10.6 Å². The van der Waals surface area contributed by atoms with E-state index in [1.165, 1.54) is 30.4 Å². The zero-order chi connectivity index (χ0) is 19.4. The van der Waals surface area contributed by atoms with Crippen molar-refractivity contribution in [3.63, 3.8) is 0 Å². The van der Waals surface area contributed by atoms with Gasteiger partial charge in [0, 0.05) is 17.0 Å². The standard InChI is InChI=1S/C19H17N3O4S/c1-12-8-9-17(16(10-12)22(24)25)26-13(2)18(23)21-19-20-15(11-27-19)14-6-4-3-5-7-14/h3-11,13H,1-2H3,(H,20,21,23)/t13-/m1/s1. The molecule has 138 valence electrons. The molecule has 0 aliphatic heterocycles. The van der Waals surface area contributed by atoms with E-state index in [2.05, 4.69) is 10.3 Å². The summed E-state index contributed by atoms with van der Waals surface area (Å²) in [6, 6.07) is 14.2. The number of aryl methyl sites for hydroxylation is 1. The lowest BCUT2D eigenvalue weighted by Gasteiger charge is -2.14. The molecule has 3 rings (SSSR count). The Morgan fingerprint density at radius 1 is 1.26 bits per heavy atom. The lowest BCUT2D eigenvalue weighted by atomic mass is 10.2. The van der Waals surface area contributed by atoms with Crippen LogP contribution in [0.1, 0.15) is 12.5 Å². The summed E-state index contributed by atoms with van der Waals surface area (Å²) in [7, 11) is 0. The van der Waals surface area contributed by atoms with Crippen LogP contribution in [0.15, 0.2) is 53.9 Å². The summed E-state index contributed by atoms with van der Waals surface area (Å²) in [5.74, 6) is -0.379. The lowest BCUT2D eigenvalue weighted by Crippen LogP contribution is -2.30. The second kappa shape index (κ2) is 7.96. The Bertz CT molecular complexity index is 972. The first-order valence-corrected chi connectivity index (χ1v) is 9.05. The summed E-state index contributed by atoms with van der Waals surface area (Å²) in [5.41, 5.74) is 2.28. The predicted molar refractivity (Wildman–Crippen MR) is 104 cm³/mol. The second-order valence-corrected chi connectivity index (χ2v) is 6.74. The molecule has 3 aromatic rings. The minimum atomic E-state index is -0.921. The van der Waals surface area contributed by atoms with Crippen molar-refractivity contribution in [2.75, 3.05) is 5.32 Å². The number of amides is 1.